The van der Waals surface area contributed by atoms with Crippen LogP contribution in [0.2, 0.25) is 0 Å². The van der Waals surface area contributed by atoms with Crippen LogP contribution < -0.4 is 0 Å². The summed E-state index contributed by atoms with van der Waals surface area (Å²) in [7, 11) is 0. The number of carboxylic acid groups (broad SMARTS) is 1. The maximum atomic E-state index is 12.9. The lowest BCUT2D eigenvalue weighted by Crippen LogP contribution is -2.00. The topological polar surface area (TPSA) is 37.3 Å². The normalized spacial score (nSPS) is 9.69. The van der Waals surface area contributed by atoms with E-state index in [-0.39, 0.29) is 10.0 Å². The van der Waals surface area contributed by atoms with E-state index in [1.807, 2.05) is 0 Å². The molecule has 13 heavy (non-hydrogen) atoms. The molecule has 1 aromatic carbocycles. The summed E-state index contributed by atoms with van der Waals surface area (Å²) in [6.07, 6.45) is 1.37. The van der Waals surface area contributed by atoms with Crippen molar-refractivity contribution in [2.75, 3.05) is 0 Å². The van der Waals surface area contributed by atoms with Crippen LogP contribution in [0.5, 0.6) is 0 Å². The zero-order valence-corrected chi connectivity index (χ0v) is 8.14. The molecule has 2 nitrogen and oxygen atoms in total. The fraction of sp³-hybridized carbons (Fsp3) is 0. The van der Waals surface area contributed by atoms with E-state index in [0.29, 0.717) is 5.56 Å². The monoisotopic (exact) mass is 244 g/mol. The van der Waals surface area contributed by atoms with Crippen molar-refractivity contribution in [1.82, 2.24) is 0 Å². The van der Waals surface area contributed by atoms with Gasteiger partial charge in [0.05, 0.1) is 10.0 Å². The molecule has 0 radical (unpaired) electrons. The first-order valence-electron chi connectivity index (χ1n) is 3.41. The SMILES string of the molecule is C=Cc1cc(Br)c(F)cc1C(=O)O. The summed E-state index contributed by atoms with van der Waals surface area (Å²) in [5.74, 6) is -1.76. The minimum atomic E-state index is -1.17. The molecule has 0 spiro atoms. The molecule has 0 fully saturated rings. The van der Waals surface area contributed by atoms with E-state index in [1.165, 1.54) is 12.1 Å². The van der Waals surface area contributed by atoms with Crippen LogP contribution in [-0.2, 0) is 0 Å². The quantitative estimate of drug-likeness (QED) is 0.869. The van der Waals surface area contributed by atoms with Gasteiger partial charge < -0.3 is 5.11 Å². The summed E-state index contributed by atoms with van der Waals surface area (Å²) in [5, 5.41) is 8.68. The first-order chi connectivity index (χ1) is 6.06. The molecule has 0 saturated heterocycles. The van der Waals surface area contributed by atoms with E-state index in [2.05, 4.69) is 22.5 Å². The third-order valence-corrected chi connectivity index (χ3v) is 2.15. The number of aromatic carboxylic acids is 1. The first kappa shape index (κ1) is 9.92. The summed E-state index contributed by atoms with van der Waals surface area (Å²) in [6, 6.07) is 2.34. The Hall–Kier alpha value is -1.16. The van der Waals surface area contributed by atoms with Crippen molar-refractivity contribution in [3.63, 3.8) is 0 Å². The van der Waals surface area contributed by atoms with Crippen molar-refractivity contribution in [1.29, 1.82) is 0 Å². The zero-order valence-electron chi connectivity index (χ0n) is 6.55. The van der Waals surface area contributed by atoms with Crippen molar-refractivity contribution in [2.24, 2.45) is 0 Å². The van der Waals surface area contributed by atoms with Crippen LogP contribution in [0.1, 0.15) is 15.9 Å². The van der Waals surface area contributed by atoms with Gasteiger partial charge in [-0.2, -0.15) is 0 Å². The zero-order chi connectivity index (χ0) is 10.0. The Morgan fingerprint density at radius 1 is 1.62 bits per heavy atom. The molecule has 0 aliphatic rings. The molecule has 68 valence electrons. The Labute approximate surface area is 82.8 Å². The lowest BCUT2D eigenvalue weighted by molar-refractivity contribution is 0.0696. The Morgan fingerprint density at radius 2 is 2.23 bits per heavy atom. The van der Waals surface area contributed by atoms with Gasteiger partial charge in [-0.15, -0.1) is 0 Å². The van der Waals surface area contributed by atoms with Gasteiger partial charge in [0, 0.05) is 0 Å². The van der Waals surface area contributed by atoms with Gasteiger partial charge in [0.2, 0.25) is 0 Å². The molecule has 0 unspecified atom stereocenters. The predicted octanol–water partition coefficient (Wildman–Crippen LogP) is 2.93. The van der Waals surface area contributed by atoms with Crippen LogP contribution in [0.15, 0.2) is 23.2 Å². The molecule has 0 aliphatic heterocycles. The molecule has 1 N–H and O–H groups in total. The third kappa shape index (κ3) is 1.95. The lowest BCUT2D eigenvalue weighted by atomic mass is 10.1. The molecule has 0 heterocycles. The van der Waals surface area contributed by atoms with Gasteiger partial charge in [-0.1, -0.05) is 12.7 Å². The van der Waals surface area contributed by atoms with Gasteiger partial charge in [-0.3, -0.25) is 0 Å². The Kier molecular flexibility index (Phi) is 2.83. The summed E-state index contributed by atoms with van der Waals surface area (Å²) in [5.41, 5.74) is 0.302. The number of hydrogen-bond acceptors (Lipinski definition) is 1. The van der Waals surface area contributed by atoms with E-state index in [4.69, 9.17) is 5.11 Å². The maximum absolute atomic E-state index is 12.9. The maximum Gasteiger partial charge on any atom is 0.336 e. The highest BCUT2D eigenvalue weighted by molar-refractivity contribution is 9.10. The van der Waals surface area contributed by atoms with Crippen LogP contribution in [-0.4, -0.2) is 11.1 Å². The van der Waals surface area contributed by atoms with Gasteiger partial charge in [0.15, 0.2) is 0 Å². The Balaban J connectivity index is 3.41. The van der Waals surface area contributed by atoms with Crippen LogP contribution >= 0.6 is 15.9 Å². The number of hydrogen-bond donors (Lipinski definition) is 1. The van der Waals surface area contributed by atoms with E-state index in [1.54, 1.807) is 0 Å². The van der Waals surface area contributed by atoms with Gasteiger partial charge in [0.25, 0.3) is 0 Å². The van der Waals surface area contributed by atoms with Crippen molar-refractivity contribution >= 4 is 28.0 Å². The molecule has 0 aliphatic carbocycles. The second-order valence-corrected chi connectivity index (χ2v) is 3.22. The van der Waals surface area contributed by atoms with Crippen LogP contribution in [0.3, 0.4) is 0 Å². The Bertz CT molecular complexity index is 374. The van der Waals surface area contributed by atoms with Gasteiger partial charge in [-0.25, -0.2) is 9.18 Å². The molecule has 0 bridgehead atoms. The molecule has 1 aromatic rings. The van der Waals surface area contributed by atoms with Gasteiger partial charge in [0.1, 0.15) is 5.82 Å². The fourth-order valence-electron chi connectivity index (χ4n) is 0.916. The fourth-order valence-corrected chi connectivity index (χ4v) is 1.28. The summed E-state index contributed by atoms with van der Waals surface area (Å²) in [4.78, 5) is 10.6. The van der Waals surface area contributed by atoms with Crippen molar-refractivity contribution in [3.8, 4) is 0 Å². The average molecular weight is 245 g/mol. The van der Waals surface area contributed by atoms with Crippen molar-refractivity contribution in [3.05, 3.63) is 40.1 Å². The third-order valence-electron chi connectivity index (χ3n) is 1.54. The number of halogens is 2. The number of benzene rings is 1. The predicted molar refractivity (Wildman–Crippen MR) is 51.2 cm³/mol. The highest BCUT2D eigenvalue weighted by Gasteiger charge is 2.11. The molecule has 4 heteroatoms. The standard InChI is InChI=1S/C9H6BrFO2/c1-2-5-3-7(10)8(11)4-6(5)9(12)13/h2-4H,1H2,(H,12,13). The average Bonchev–Trinajstić information content (AvgIpc) is 2.08. The second-order valence-electron chi connectivity index (χ2n) is 2.36. The van der Waals surface area contributed by atoms with Crippen LogP contribution in [0.4, 0.5) is 4.39 Å². The molecule has 1 rings (SSSR count). The number of carboxylic acids is 1. The summed E-state index contributed by atoms with van der Waals surface area (Å²) in [6.45, 7) is 3.44. The molecule has 0 saturated carbocycles. The minimum Gasteiger partial charge on any atom is -0.478 e. The second kappa shape index (κ2) is 3.70. The summed E-state index contributed by atoms with van der Waals surface area (Å²) < 4.78 is 13.1. The van der Waals surface area contributed by atoms with Crippen LogP contribution in [0, 0.1) is 5.82 Å². The minimum absolute atomic E-state index is 0.0873. The van der Waals surface area contributed by atoms with Gasteiger partial charge >= 0.3 is 5.97 Å². The molecule has 0 amide bonds. The molecular formula is C9H6BrFO2. The largest absolute Gasteiger partial charge is 0.478 e. The van der Waals surface area contributed by atoms with Gasteiger partial charge in [-0.05, 0) is 33.6 Å². The first-order valence-corrected chi connectivity index (χ1v) is 4.20. The van der Waals surface area contributed by atoms with E-state index >= 15 is 0 Å². The van der Waals surface area contributed by atoms with Crippen molar-refractivity contribution in [2.45, 2.75) is 0 Å². The van der Waals surface area contributed by atoms with E-state index in [9.17, 15) is 9.18 Å². The van der Waals surface area contributed by atoms with E-state index in [0.717, 1.165) is 6.07 Å². The lowest BCUT2D eigenvalue weighted by Gasteiger charge is -2.02. The smallest absolute Gasteiger partial charge is 0.336 e. The van der Waals surface area contributed by atoms with Crippen LogP contribution in [0.25, 0.3) is 6.08 Å². The molecule has 0 atom stereocenters. The highest BCUT2D eigenvalue weighted by Crippen LogP contribution is 2.21. The molecule has 0 aromatic heterocycles. The highest BCUT2D eigenvalue weighted by atomic mass is 79.9. The number of carbonyl (C=O) groups is 1. The Morgan fingerprint density at radius 3 is 2.69 bits per heavy atom. The summed E-state index contributed by atoms with van der Waals surface area (Å²) >= 11 is 2.95. The van der Waals surface area contributed by atoms with E-state index < -0.39 is 11.8 Å². The number of rotatable bonds is 2. The molecular weight excluding hydrogens is 239 g/mol. The van der Waals surface area contributed by atoms with Crippen molar-refractivity contribution < 1.29 is 14.3 Å².